The molecule has 15 heavy (non-hydrogen) atoms. The molecule has 0 aliphatic rings. The smallest absolute Gasteiger partial charge is 0.309 e. The third-order valence-corrected chi connectivity index (χ3v) is 1.99. The predicted molar refractivity (Wildman–Crippen MR) is 55.4 cm³/mol. The summed E-state index contributed by atoms with van der Waals surface area (Å²) in [5.41, 5.74) is 5.97. The van der Waals surface area contributed by atoms with Crippen molar-refractivity contribution < 1.29 is 4.92 Å². The Morgan fingerprint density at radius 2 is 2.40 bits per heavy atom. The van der Waals surface area contributed by atoms with Crippen LogP contribution < -0.4 is 11.1 Å². The Kier molecular flexibility index (Phi) is 4.14. The highest BCUT2D eigenvalue weighted by Crippen LogP contribution is 2.10. The van der Waals surface area contributed by atoms with Gasteiger partial charge in [0.1, 0.15) is 5.69 Å². The zero-order chi connectivity index (χ0) is 11.3. The molecule has 1 aromatic rings. The monoisotopic (exact) mass is 210 g/mol. The van der Waals surface area contributed by atoms with E-state index in [9.17, 15) is 10.1 Å². The third-order valence-electron chi connectivity index (χ3n) is 1.99. The zero-order valence-corrected chi connectivity index (χ0v) is 8.46. The van der Waals surface area contributed by atoms with Gasteiger partial charge in [0.05, 0.1) is 6.17 Å². The van der Waals surface area contributed by atoms with Crippen molar-refractivity contribution in [2.24, 2.45) is 5.73 Å². The molecular weight excluding hydrogens is 196 g/mol. The fourth-order valence-corrected chi connectivity index (χ4v) is 1.11. The Labute approximate surface area is 87.7 Å². The number of pyridine rings is 1. The van der Waals surface area contributed by atoms with Crippen LogP contribution in [-0.2, 0) is 0 Å². The van der Waals surface area contributed by atoms with Gasteiger partial charge in [0, 0.05) is 11.1 Å². The van der Waals surface area contributed by atoms with Crippen molar-refractivity contribution in [1.29, 1.82) is 0 Å². The fraction of sp³-hybridized carbons (Fsp3) is 0.444. The Bertz CT molecular complexity index is 317. The molecule has 0 amide bonds. The van der Waals surface area contributed by atoms with Crippen molar-refractivity contribution in [1.82, 2.24) is 10.3 Å². The lowest BCUT2D eigenvalue weighted by Gasteiger charge is -2.15. The molecule has 1 heterocycles. The van der Waals surface area contributed by atoms with Gasteiger partial charge in [-0.25, -0.2) is 5.32 Å². The van der Waals surface area contributed by atoms with Crippen LogP contribution in [0.3, 0.4) is 0 Å². The second-order valence-corrected chi connectivity index (χ2v) is 3.12. The van der Waals surface area contributed by atoms with Crippen molar-refractivity contribution >= 4 is 0 Å². The number of aromatic nitrogens is 1. The van der Waals surface area contributed by atoms with Gasteiger partial charge in [-0.3, -0.25) is 15.1 Å². The van der Waals surface area contributed by atoms with Gasteiger partial charge >= 0.3 is 6.17 Å². The largest absolute Gasteiger partial charge is 0.316 e. The van der Waals surface area contributed by atoms with Crippen LogP contribution in [0.5, 0.6) is 0 Å². The van der Waals surface area contributed by atoms with Crippen LogP contribution in [0.1, 0.15) is 25.2 Å². The highest BCUT2D eigenvalue weighted by Gasteiger charge is 2.24. The van der Waals surface area contributed by atoms with Crippen LogP contribution in [0.15, 0.2) is 24.4 Å². The number of hydrogen-bond acceptors (Lipinski definition) is 5. The van der Waals surface area contributed by atoms with E-state index in [2.05, 4.69) is 10.3 Å². The minimum Gasteiger partial charge on any atom is -0.316 e. The molecule has 0 saturated carbocycles. The van der Waals surface area contributed by atoms with E-state index in [1.54, 1.807) is 18.2 Å². The lowest BCUT2D eigenvalue weighted by atomic mass is 10.2. The summed E-state index contributed by atoms with van der Waals surface area (Å²) in [7, 11) is 0. The molecule has 6 nitrogen and oxygen atoms in total. The predicted octanol–water partition coefficient (Wildman–Crippen LogP) is 0.641. The maximum absolute atomic E-state index is 10.8. The summed E-state index contributed by atoms with van der Waals surface area (Å²) in [6, 6.07) is 5.01. The first kappa shape index (κ1) is 11.5. The van der Waals surface area contributed by atoms with E-state index in [0.29, 0.717) is 12.1 Å². The molecule has 0 saturated heterocycles. The summed E-state index contributed by atoms with van der Waals surface area (Å²) >= 11 is 0. The van der Waals surface area contributed by atoms with Gasteiger partial charge in [0.15, 0.2) is 0 Å². The molecule has 82 valence electrons. The molecule has 2 unspecified atom stereocenters. The van der Waals surface area contributed by atoms with Gasteiger partial charge in [0.25, 0.3) is 0 Å². The lowest BCUT2D eigenvalue weighted by molar-refractivity contribution is -0.538. The number of nitrogens with zero attached hydrogens (tertiary/aromatic N) is 2. The van der Waals surface area contributed by atoms with Crippen LogP contribution in [0.4, 0.5) is 0 Å². The topological polar surface area (TPSA) is 94.1 Å². The van der Waals surface area contributed by atoms with Crippen LogP contribution in [0.2, 0.25) is 0 Å². The molecule has 0 aliphatic heterocycles. The van der Waals surface area contributed by atoms with Crippen molar-refractivity contribution in [3.05, 3.63) is 40.2 Å². The standard InChI is InChI=1S/C9H14N4O2/c1-2-8(10)12-9(13(14)15)7-5-3-4-6-11-7/h3-6,8-9,12H,2,10H2,1H3. The Hall–Kier alpha value is -1.53. The van der Waals surface area contributed by atoms with E-state index in [-0.39, 0.29) is 0 Å². The molecule has 0 radical (unpaired) electrons. The molecule has 3 N–H and O–H groups in total. The fourth-order valence-electron chi connectivity index (χ4n) is 1.11. The van der Waals surface area contributed by atoms with Gasteiger partial charge in [-0.2, -0.15) is 0 Å². The minimum absolute atomic E-state index is 0.367. The number of nitro groups is 1. The van der Waals surface area contributed by atoms with E-state index in [1.165, 1.54) is 6.20 Å². The molecule has 0 spiro atoms. The summed E-state index contributed by atoms with van der Waals surface area (Å²) in [5, 5.41) is 13.5. The second kappa shape index (κ2) is 5.38. The maximum Gasteiger partial charge on any atom is 0.309 e. The first-order chi connectivity index (χ1) is 7.15. The Balaban J connectivity index is 2.80. The molecular formula is C9H14N4O2. The second-order valence-electron chi connectivity index (χ2n) is 3.12. The summed E-state index contributed by atoms with van der Waals surface area (Å²) < 4.78 is 0. The average molecular weight is 210 g/mol. The summed E-state index contributed by atoms with van der Waals surface area (Å²) in [4.78, 5) is 14.3. The molecule has 0 aliphatic carbocycles. The summed E-state index contributed by atoms with van der Waals surface area (Å²) in [6.07, 6.45) is 0.700. The van der Waals surface area contributed by atoms with Gasteiger partial charge in [0.2, 0.25) is 0 Å². The molecule has 1 rings (SSSR count). The molecule has 1 aromatic heterocycles. The summed E-state index contributed by atoms with van der Waals surface area (Å²) in [6.45, 7) is 1.85. The van der Waals surface area contributed by atoms with E-state index in [0.717, 1.165) is 0 Å². The average Bonchev–Trinajstić information content (AvgIpc) is 2.26. The highest BCUT2D eigenvalue weighted by atomic mass is 16.6. The van der Waals surface area contributed by atoms with Gasteiger partial charge in [-0.05, 0) is 18.6 Å². The number of hydrogen-bond donors (Lipinski definition) is 2. The maximum atomic E-state index is 10.8. The number of nitrogens with two attached hydrogens (primary N) is 1. The van der Waals surface area contributed by atoms with Crippen molar-refractivity contribution in [3.8, 4) is 0 Å². The molecule has 0 bridgehead atoms. The Morgan fingerprint density at radius 3 is 2.87 bits per heavy atom. The lowest BCUT2D eigenvalue weighted by Crippen LogP contribution is -2.42. The van der Waals surface area contributed by atoms with Crippen LogP contribution in [0, 0.1) is 10.1 Å². The van der Waals surface area contributed by atoms with Crippen molar-refractivity contribution in [2.75, 3.05) is 0 Å². The third kappa shape index (κ3) is 3.26. The van der Waals surface area contributed by atoms with E-state index in [4.69, 9.17) is 5.73 Å². The van der Waals surface area contributed by atoms with Crippen LogP contribution in [0.25, 0.3) is 0 Å². The van der Waals surface area contributed by atoms with Gasteiger partial charge in [-0.1, -0.05) is 13.0 Å². The summed E-state index contributed by atoms with van der Waals surface area (Å²) in [5.74, 6) is 0. The normalized spacial score (nSPS) is 14.5. The molecule has 2 atom stereocenters. The molecule has 0 fully saturated rings. The van der Waals surface area contributed by atoms with E-state index < -0.39 is 17.3 Å². The first-order valence-corrected chi connectivity index (χ1v) is 4.71. The van der Waals surface area contributed by atoms with Crippen molar-refractivity contribution in [2.45, 2.75) is 25.7 Å². The molecule has 0 aromatic carbocycles. The Morgan fingerprint density at radius 1 is 1.67 bits per heavy atom. The molecule has 6 heteroatoms. The van der Waals surface area contributed by atoms with Crippen LogP contribution >= 0.6 is 0 Å². The number of rotatable bonds is 5. The van der Waals surface area contributed by atoms with Gasteiger partial charge < -0.3 is 5.73 Å². The zero-order valence-electron chi connectivity index (χ0n) is 8.46. The van der Waals surface area contributed by atoms with E-state index >= 15 is 0 Å². The van der Waals surface area contributed by atoms with E-state index in [1.807, 2.05) is 6.92 Å². The van der Waals surface area contributed by atoms with Gasteiger partial charge in [-0.15, -0.1) is 0 Å². The minimum atomic E-state index is -1.04. The van der Waals surface area contributed by atoms with Crippen LogP contribution in [-0.4, -0.2) is 16.1 Å². The SMILES string of the molecule is CCC(N)NC(c1ccccn1)[N+](=O)[O-]. The first-order valence-electron chi connectivity index (χ1n) is 4.71. The quantitative estimate of drug-likeness (QED) is 0.422. The van der Waals surface area contributed by atoms with Crippen molar-refractivity contribution in [3.63, 3.8) is 0 Å². The highest BCUT2D eigenvalue weighted by molar-refractivity contribution is 5.06. The number of nitrogens with one attached hydrogen (secondary N) is 1.